The van der Waals surface area contributed by atoms with Gasteiger partial charge in [0.05, 0.1) is 16.5 Å². The molecule has 24 heavy (non-hydrogen) atoms. The number of anilines is 1. The molecule has 0 aliphatic heterocycles. The van der Waals surface area contributed by atoms with Gasteiger partial charge in [0.15, 0.2) is 0 Å². The molecule has 0 aliphatic rings. The van der Waals surface area contributed by atoms with Crippen molar-refractivity contribution >= 4 is 44.8 Å². The third kappa shape index (κ3) is 4.67. The summed E-state index contributed by atoms with van der Waals surface area (Å²) in [5, 5.41) is 2.71. The minimum Gasteiger partial charge on any atom is -0.325 e. The first kappa shape index (κ1) is 18.7. The summed E-state index contributed by atoms with van der Waals surface area (Å²) in [5.41, 5.74) is 0.859. The van der Waals surface area contributed by atoms with E-state index in [1.54, 1.807) is 6.92 Å². The molecule has 0 saturated heterocycles. The fourth-order valence-corrected chi connectivity index (χ4v) is 3.17. The van der Waals surface area contributed by atoms with Crippen LogP contribution in [0, 0.1) is 12.7 Å². The van der Waals surface area contributed by atoms with Crippen molar-refractivity contribution in [2.24, 2.45) is 0 Å². The van der Waals surface area contributed by atoms with Crippen molar-refractivity contribution in [2.45, 2.75) is 11.8 Å². The first-order valence-corrected chi connectivity index (χ1v) is 8.93. The molecular weight excluding hydrogens is 378 g/mol. The first-order valence-electron chi connectivity index (χ1n) is 6.70. The molecule has 0 atom stereocenters. The van der Waals surface area contributed by atoms with Crippen LogP contribution in [-0.2, 0) is 14.8 Å². The fourth-order valence-electron chi connectivity index (χ4n) is 1.81. The second-order valence-corrected chi connectivity index (χ2v) is 7.49. The van der Waals surface area contributed by atoms with Crippen molar-refractivity contribution in [1.29, 1.82) is 0 Å². The molecule has 2 rings (SSSR count). The highest BCUT2D eigenvalue weighted by molar-refractivity contribution is 7.89. The number of amides is 1. The highest BCUT2D eigenvalue weighted by Gasteiger charge is 2.16. The summed E-state index contributed by atoms with van der Waals surface area (Å²) in [7, 11) is -3.86. The molecule has 2 aromatic rings. The largest absolute Gasteiger partial charge is 0.325 e. The maximum absolute atomic E-state index is 13.0. The molecule has 2 N–H and O–H groups in total. The van der Waals surface area contributed by atoms with Gasteiger partial charge in [-0.15, -0.1) is 0 Å². The van der Waals surface area contributed by atoms with Crippen LogP contribution in [0.5, 0.6) is 0 Å². The van der Waals surface area contributed by atoms with Crippen LogP contribution in [0.1, 0.15) is 5.56 Å². The standard InChI is InChI=1S/C15H13Cl2FN2O3S/c1-9-6-11(3-4-12(9)16)24(22,23)19-8-15(21)20-10-2-5-14(18)13(17)7-10/h2-7,19H,8H2,1H3,(H,20,21). The van der Waals surface area contributed by atoms with Gasteiger partial charge in [-0.3, -0.25) is 4.79 Å². The van der Waals surface area contributed by atoms with Crippen molar-refractivity contribution in [3.63, 3.8) is 0 Å². The molecule has 9 heteroatoms. The van der Waals surface area contributed by atoms with E-state index in [0.717, 1.165) is 6.07 Å². The molecule has 1 amide bonds. The number of halogens is 3. The second-order valence-electron chi connectivity index (χ2n) is 4.91. The van der Waals surface area contributed by atoms with E-state index in [2.05, 4.69) is 10.0 Å². The van der Waals surface area contributed by atoms with Gasteiger partial charge in [-0.25, -0.2) is 17.5 Å². The number of benzene rings is 2. The van der Waals surface area contributed by atoms with Gasteiger partial charge in [0, 0.05) is 10.7 Å². The Kier molecular flexibility index (Phi) is 5.82. The van der Waals surface area contributed by atoms with Gasteiger partial charge in [0.25, 0.3) is 0 Å². The van der Waals surface area contributed by atoms with Crippen LogP contribution in [0.4, 0.5) is 10.1 Å². The van der Waals surface area contributed by atoms with Crippen molar-refractivity contribution in [1.82, 2.24) is 4.72 Å². The lowest BCUT2D eigenvalue weighted by Gasteiger charge is -2.09. The van der Waals surface area contributed by atoms with Crippen LogP contribution in [-0.4, -0.2) is 20.9 Å². The molecule has 0 fully saturated rings. The third-order valence-electron chi connectivity index (χ3n) is 3.07. The zero-order valence-corrected chi connectivity index (χ0v) is 14.8. The number of rotatable bonds is 5. The molecule has 0 aliphatic carbocycles. The van der Waals surface area contributed by atoms with Crippen LogP contribution in [0.2, 0.25) is 10.0 Å². The van der Waals surface area contributed by atoms with Crippen molar-refractivity contribution in [2.75, 3.05) is 11.9 Å². The summed E-state index contributed by atoms with van der Waals surface area (Å²) < 4.78 is 39.5. The average molecular weight is 391 g/mol. The topological polar surface area (TPSA) is 75.3 Å². The highest BCUT2D eigenvalue weighted by Crippen LogP contribution is 2.20. The number of hydrogen-bond acceptors (Lipinski definition) is 3. The average Bonchev–Trinajstić information content (AvgIpc) is 2.52. The van der Waals surface area contributed by atoms with Crippen LogP contribution in [0.15, 0.2) is 41.3 Å². The number of carbonyl (C=O) groups excluding carboxylic acids is 1. The van der Waals surface area contributed by atoms with Gasteiger partial charge in [-0.05, 0) is 48.9 Å². The fraction of sp³-hybridized carbons (Fsp3) is 0.133. The molecule has 0 radical (unpaired) electrons. The van der Waals surface area contributed by atoms with E-state index in [0.29, 0.717) is 10.6 Å². The molecule has 5 nitrogen and oxygen atoms in total. The minimum atomic E-state index is -3.86. The summed E-state index contributed by atoms with van der Waals surface area (Å²) >= 11 is 11.5. The molecule has 0 aromatic heterocycles. The number of hydrogen-bond donors (Lipinski definition) is 2. The van der Waals surface area contributed by atoms with E-state index in [1.807, 2.05) is 0 Å². The lowest BCUT2D eigenvalue weighted by Crippen LogP contribution is -2.32. The van der Waals surface area contributed by atoms with Gasteiger partial charge < -0.3 is 5.32 Å². The third-order valence-corrected chi connectivity index (χ3v) is 5.18. The molecule has 0 saturated carbocycles. The molecule has 0 heterocycles. The lowest BCUT2D eigenvalue weighted by molar-refractivity contribution is -0.115. The molecule has 128 valence electrons. The predicted molar refractivity (Wildman–Crippen MR) is 91.4 cm³/mol. The summed E-state index contributed by atoms with van der Waals surface area (Å²) in [6, 6.07) is 7.85. The Labute approximate surface area is 148 Å². The van der Waals surface area contributed by atoms with Crippen molar-refractivity contribution in [3.05, 3.63) is 57.8 Å². The van der Waals surface area contributed by atoms with Crippen molar-refractivity contribution < 1.29 is 17.6 Å². The Morgan fingerprint density at radius 2 is 1.83 bits per heavy atom. The molecule has 0 unspecified atom stereocenters. The zero-order chi connectivity index (χ0) is 17.9. The van der Waals surface area contributed by atoms with Crippen LogP contribution < -0.4 is 10.0 Å². The summed E-state index contributed by atoms with van der Waals surface area (Å²) in [5.74, 6) is -1.24. The van der Waals surface area contributed by atoms with E-state index < -0.39 is 28.3 Å². The predicted octanol–water partition coefficient (Wildman–Crippen LogP) is 3.36. The quantitative estimate of drug-likeness (QED) is 0.821. The Morgan fingerprint density at radius 3 is 2.46 bits per heavy atom. The number of sulfonamides is 1. The van der Waals surface area contributed by atoms with Crippen LogP contribution in [0.3, 0.4) is 0 Å². The Bertz CT molecular complexity index is 888. The lowest BCUT2D eigenvalue weighted by atomic mass is 10.2. The second kappa shape index (κ2) is 7.48. The maximum Gasteiger partial charge on any atom is 0.241 e. The van der Waals surface area contributed by atoms with Gasteiger partial charge in [-0.1, -0.05) is 23.2 Å². The molecule has 0 spiro atoms. The van der Waals surface area contributed by atoms with Crippen LogP contribution in [0.25, 0.3) is 0 Å². The first-order chi connectivity index (χ1) is 11.2. The van der Waals surface area contributed by atoms with Crippen LogP contribution >= 0.6 is 23.2 Å². The normalized spacial score (nSPS) is 11.3. The highest BCUT2D eigenvalue weighted by atomic mass is 35.5. The maximum atomic E-state index is 13.0. The monoisotopic (exact) mass is 390 g/mol. The van der Waals surface area contributed by atoms with Crippen molar-refractivity contribution in [3.8, 4) is 0 Å². The smallest absolute Gasteiger partial charge is 0.241 e. The molecule has 0 bridgehead atoms. The van der Waals surface area contributed by atoms with Gasteiger partial charge >= 0.3 is 0 Å². The number of aryl methyl sites for hydroxylation is 1. The summed E-state index contributed by atoms with van der Waals surface area (Å²) in [6.45, 7) is 1.19. The zero-order valence-electron chi connectivity index (χ0n) is 12.4. The van der Waals surface area contributed by atoms with Gasteiger partial charge in [-0.2, -0.15) is 0 Å². The number of carbonyl (C=O) groups is 1. The van der Waals surface area contributed by atoms with E-state index in [1.165, 1.54) is 30.3 Å². The van der Waals surface area contributed by atoms with E-state index in [-0.39, 0.29) is 15.6 Å². The molecule has 2 aromatic carbocycles. The summed E-state index contributed by atoms with van der Waals surface area (Å²) in [6.07, 6.45) is 0. The molecular formula is C15H13Cl2FN2O3S. The Hall–Kier alpha value is -1.67. The summed E-state index contributed by atoms with van der Waals surface area (Å²) in [4.78, 5) is 11.8. The van der Waals surface area contributed by atoms with E-state index >= 15 is 0 Å². The Morgan fingerprint density at radius 1 is 1.12 bits per heavy atom. The van der Waals surface area contributed by atoms with E-state index in [9.17, 15) is 17.6 Å². The van der Waals surface area contributed by atoms with Gasteiger partial charge in [0.1, 0.15) is 5.82 Å². The number of nitrogens with one attached hydrogen (secondary N) is 2. The Balaban J connectivity index is 2.01. The van der Waals surface area contributed by atoms with Gasteiger partial charge in [0.2, 0.25) is 15.9 Å². The minimum absolute atomic E-state index is 0.00188. The SMILES string of the molecule is Cc1cc(S(=O)(=O)NCC(=O)Nc2ccc(F)c(Cl)c2)ccc1Cl. The van der Waals surface area contributed by atoms with E-state index in [4.69, 9.17) is 23.2 Å².